The molecule has 2 saturated carbocycles. The Kier molecular flexibility index (Phi) is 6.27. The minimum absolute atomic E-state index is 0.00868. The molecule has 2 bridgehead atoms. The van der Waals surface area contributed by atoms with E-state index >= 15 is 0 Å². The van der Waals surface area contributed by atoms with Crippen molar-refractivity contribution in [1.29, 1.82) is 0 Å². The van der Waals surface area contributed by atoms with E-state index in [-0.39, 0.29) is 51.4 Å². The van der Waals surface area contributed by atoms with Crippen molar-refractivity contribution in [3.8, 4) is 11.5 Å². The van der Waals surface area contributed by atoms with E-state index < -0.39 is 23.8 Å². The highest BCUT2D eigenvalue weighted by Gasteiger charge is 2.70. The van der Waals surface area contributed by atoms with Gasteiger partial charge in [0.2, 0.25) is 17.7 Å². The third-order valence-electron chi connectivity index (χ3n) is 9.21. The summed E-state index contributed by atoms with van der Waals surface area (Å²) in [6.45, 7) is 3.85. The van der Waals surface area contributed by atoms with Gasteiger partial charge in [-0.25, -0.2) is 0 Å². The molecule has 9 nitrogen and oxygen atoms in total. The smallest absolute Gasteiger partial charge is 0.305 e. The van der Waals surface area contributed by atoms with Crippen LogP contribution in [-0.2, 0) is 14.4 Å². The molecule has 11 heteroatoms. The second-order valence-electron chi connectivity index (χ2n) is 11.2. The number of aromatic hydroxyl groups is 1. The van der Waals surface area contributed by atoms with E-state index in [1.807, 2.05) is 37.3 Å². The molecule has 0 spiro atoms. The number of hydrogen-bond donors (Lipinski definition) is 3. The van der Waals surface area contributed by atoms with Crippen molar-refractivity contribution in [2.75, 3.05) is 11.9 Å². The van der Waals surface area contributed by atoms with Crippen LogP contribution in [0.25, 0.3) is 0 Å². The lowest BCUT2D eigenvalue weighted by molar-refractivity contribution is -0.146. The number of nitrogens with zero attached hydrogens (tertiary/aromatic N) is 1. The van der Waals surface area contributed by atoms with Gasteiger partial charge in [-0.2, -0.15) is 0 Å². The minimum atomic E-state index is -0.936. The van der Waals surface area contributed by atoms with Crippen molar-refractivity contribution in [1.82, 2.24) is 9.88 Å². The van der Waals surface area contributed by atoms with E-state index in [4.69, 9.17) is 4.74 Å². The molecule has 4 aliphatic rings. The Morgan fingerprint density at radius 2 is 1.85 bits per heavy atom. The van der Waals surface area contributed by atoms with Gasteiger partial charge in [0.1, 0.15) is 6.04 Å². The number of hydrogen-bond acceptors (Lipinski definition) is 8. The first-order valence-electron chi connectivity index (χ1n) is 13.9. The number of carbonyl (C=O) groups is 3. The van der Waals surface area contributed by atoms with Gasteiger partial charge in [-0.1, -0.05) is 35.6 Å². The van der Waals surface area contributed by atoms with Crippen molar-refractivity contribution < 1.29 is 24.2 Å². The fraction of sp³-hybridized carbons (Fsp3) is 0.400. The lowest BCUT2D eigenvalue weighted by atomic mass is 9.68. The minimum Gasteiger partial charge on any atom is -0.504 e. The number of fused-ring (bicyclic) bond motifs is 9. The maximum Gasteiger partial charge on any atom is 0.305 e. The molecule has 1 saturated heterocycles. The SMILES string of the molecule is CCOc1cc(C2c3sc(=O)[nH]c3SC3C4CC(C5C(=O)N(C(C)C(=O)Nc6ccccc6)C(=O)C45)C23)ccc1O. The Labute approximate surface area is 244 Å². The lowest BCUT2D eigenvalue weighted by Gasteiger charge is -2.43. The third-order valence-corrected chi connectivity index (χ3v) is 11.8. The fourth-order valence-electron chi connectivity index (χ4n) is 7.68. The van der Waals surface area contributed by atoms with Gasteiger partial charge in [0.15, 0.2) is 11.5 Å². The van der Waals surface area contributed by atoms with Crippen molar-refractivity contribution in [2.45, 2.75) is 42.5 Å². The largest absolute Gasteiger partial charge is 0.504 e. The Balaban J connectivity index is 1.23. The highest BCUT2D eigenvalue weighted by atomic mass is 32.2. The number of imide groups is 1. The molecule has 3 heterocycles. The molecule has 3 aromatic rings. The van der Waals surface area contributed by atoms with Crippen LogP contribution in [0.3, 0.4) is 0 Å². The van der Waals surface area contributed by atoms with Gasteiger partial charge in [0.25, 0.3) is 0 Å². The summed E-state index contributed by atoms with van der Waals surface area (Å²) >= 11 is 2.79. The molecule has 3 amide bonds. The zero-order valence-electron chi connectivity index (χ0n) is 22.4. The summed E-state index contributed by atoms with van der Waals surface area (Å²) in [4.78, 5) is 58.4. The molecule has 212 valence electrons. The molecule has 8 atom stereocenters. The number of thioether (sulfide) groups is 1. The lowest BCUT2D eigenvalue weighted by Crippen LogP contribution is -2.46. The van der Waals surface area contributed by atoms with Gasteiger partial charge < -0.3 is 20.1 Å². The summed E-state index contributed by atoms with van der Waals surface area (Å²) in [6, 6.07) is 13.4. The summed E-state index contributed by atoms with van der Waals surface area (Å²) in [5, 5.41) is 14.0. The number of para-hydroxylation sites is 1. The van der Waals surface area contributed by atoms with Gasteiger partial charge in [0, 0.05) is 21.7 Å². The van der Waals surface area contributed by atoms with Gasteiger partial charge in [-0.05, 0) is 67.9 Å². The summed E-state index contributed by atoms with van der Waals surface area (Å²) < 4.78 is 5.68. The van der Waals surface area contributed by atoms with E-state index in [2.05, 4.69) is 10.3 Å². The quantitative estimate of drug-likeness (QED) is 0.369. The average Bonchev–Trinajstić information content (AvgIpc) is 3.69. The van der Waals surface area contributed by atoms with Crippen LogP contribution in [0.5, 0.6) is 11.5 Å². The molecule has 0 radical (unpaired) electrons. The van der Waals surface area contributed by atoms with E-state index in [1.165, 1.54) is 16.2 Å². The summed E-state index contributed by atoms with van der Waals surface area (Å²) in [7, 11) is 0. The van der Waals surface area contributed by atoms with Crippen LogP contribution in [0.2, 0.25) is 0 Å². The van der Waals surface area contributed by atoms with Crippen molar-refractivity contribution in [3.05, 3.63) is 68.6 Å². The van der Waals surface area contributed by atoms with Gasteiger partial charge in [0.05, 0.1) is 23.5 Å². The van der Waals surface area contributed by atoms with Crippen LogP contribution in [-0.4, -0.2) is 50.6 Å². The fourth-order valence-corrected chi connectivity index (χ4v) is 10.6. The number of benzene rings is 2. The monoisotopic (exact) mass is 591 g/mol. The Morgan fingerprint density at radius 1 is 1.12 bits per heavy atom. The number of ether oxygens (including phenoxy) is 1. The number of nitrogens with one attached hydrogen (secondary N) is 2. The predicted octanol–water partition coefficient (Wildman–Crippen LogP) is 4.04. The maximum atomic E-state index is 13.9. The number of aromatic nitrogens is 1. The number of H-pyrrole nitrogens is 1. The zero-order chi connectivity index (χ0) is 28.6. The predicted molar refractivity (Wildman–Crippen MR) is 154 cm³/mol. The van der Waals surface area contributed by atoms with E-state index in [1.54, 1.807) is 36.9 Å². The van der Waals surface area contributed by atoms with Crippen molar-refractivity contribution in [2.24, 2.45) is 29.6 Å². The normalized spacial score (nSPS) is 30.1. The standard InChI is InChI=1S/C30H29N3O6S2/c1-3-39-19-11-14(9-10-18(19)34)20-21-16-12-17(24(21)40-27-25(20)41-30(38)32-27)23-22(16)28(36)33(29(23)37)13(2)26(35)31-15-7-5-4-6-8-15/h4-11,13,16-17,20-24,34H,3,12H2,1-2H3,(H,31,35)(H,32,38). The van der Waals surface area contributed by atoms with Crippen molar-refractivity contribution in [3.63, 3.8) is 0 Å². The van der Waals surface area contributed by atoms with Crippen LogP contribution >= 0.6 is 23.1 Å². The number of aromatic amines is 1. The Hall–Kier alpha value is -3.57. The van der Waals surface area contributed by atoms with E-state index in [9.17, 15) is 24.3 Å². The number of anilines is 1. The maximum absolute atomic E-state index is 13.9. The summed E-state index contributed by atoms with van der Waals surface area (Å²) in [5.74, 6) is -1.80. The van der Waals surface area contributed by atoms with Gasteiger partial charge >= 0.3 is 4.87 Å². The van der Waals surface area contributed by atoms with Crippen LogP contribution in [0, 0.1) is 29.6 Å². The molecule has 2 aromatic carbocycles. The average molecular weight is 592 g/mol. The Morgan fingerprint density at radius 3 is 2.59 bits per heavy atom. The molecule has 1 aromatic heterocycles. The number of phenolic OH excluding ortho intramolecular Hbond substituents is 1. The summed E-state index contributed by atoms with van der Waals surface area (Å²) in [6.07, 6.45) is 0.750. The zero-order valence-corrected chi connectivity index (χ0v) is 24.0. The highest BCUT2D eigenvalue weighted by molar-refractivity contribution is 8.00. The molecule has 8 unspecified atom stereocenters. The van der Waals surface area contributed by atoms with E-state index in [0.717, 1.165) is 21.9 Å². The van der Waals surface area contributed by atoms with Crippen LogP contribution in [0.1, 0.15) is 36.6 Å². The molecule has 3 fully saturated rings. The molecular weight excluding hydrogens is 562 g/mol. The first kappa shape index (κ1) is 26.3. The number of rotatable bonds is 6. The van der Waals surface area contributed by atoms with Gasteiger partial charge in [-0.3, -0.25) is 24.1 Å². The number of likely N-dealkylation sites (tertiary alicyclic amines) is 1. The topological polar surface area (TPSA) is 129 Å². The molecule has 3 N–H and O–H groups in total. The molecular formula is C30H29N3O6S2. The number of phenols is 1. The first-order chi connectivity index (χ1) is 19.8. The number of carbonyl (C=O) groups excluding carboxylic acids is 3. The molecule has 41 heavy (non-hydrogen) atoms. The second-order valence-corrected chi connectivity index (χ2v) is 13.4. The van der Waals surface area contributed by atoms with Crippen molar-refractivity contribution >= 4 is 46.5 Å². The second kappa shape index (κ2) is 9.77. The molecule has 7 rings (SSSR count). The van der Waals surface area contributed by atoms with Crippen LogP contribution < -0.4 is 14.9 Å². The van der Waals surface area contributed by atoms with Crippen LogP contribution in [0.15, 0.2) is 58.4 Å². The first-order valence-corrected chi connectivity index (χ1v) is 15.6. The van der Waals surface area contributed by atoms with Gasteiger partial charge in [-0.15, -0.1) is 11.8 Å². The van der Waals surface area contributed by atoms with Crippen LogP contribution in [0.4, 0.5) is 5.69 Å². The number of amides is 3. The Bertz CT molecular complexity index is 1620. The summed E-state index contributed by atoms with van der Waals surface area (Å²) in [5.41, 5.74) is 1.51. The molecule has 2 aliphatic carbocycles. The number of thiazole rings is 1. The highest BCUT2D eigenvalue weighted by Crippen LogP contribution is 2.68. The molecule has 2 aliphatic heterocycles. The third kappa shape index (κ3) is 3.96. The van der Waals surface area contributed by atoms with E-state index in [0.29, 0.717) is 18.0 Å².